The molecule has 45 heavy (non-hydrogen) atoms. The van der Waals surface area contributed by atoms with Crippen LogP contribution in [0.3, 0.4) is 0 Å². The summed E-state index contributed by atoms with van der Waals surface area (Å²) in [6.07, 6.45) is 0.240. The second-order valence-corrected chi connectivity index (χ2v) is 13.2. The van der Waals surface area contributed by atoms with E-state index in [-0.39, 0.29) is 50.5 Å². The van der Waals surface area contributed by atoms with E-state index >= 15 is 0 Å². The Hall–Kier alpha value is -3.99. The first-order chi connectivity index (χ1) is 21.4. The summed E-state index contributed by atoms with van der Waals surface area (Å²) < 4.78 is 28.8. The number of thioether (sulfide) groups is 1. The van der Waals surface area contributed by atoms with Crippen molar-refractivity contribution < 1.29 is 43.2 Å². The summed E-state index contributed by atoms with van der Waals surface area (Å²) >= 11 is 1.23. The van der Waals surface area contributed by atoms with Gasteiger partial charge in [-0.1, -0.05) is 6.07 Å². The van der Waals surface area contributed by atoms with E-state index in [0.717, 1.165) is 11.1 Å². The van der Waals surface area contributed by atoms with Crippen molar-refractivity contribution in [2.75, 3.05) is 46.4 Å². The maximum atomic E-state index is 12.8. The molecule has 1 saturated heterocycles. The Morgan fingerprint density at radius 3 is 2.58 bits per heavy atom. The number of Topliss-reactive ketones (excluding diaryl/α,β-unsaturated/α-hetero) is 1. The van der Waals surface area contributed by atoms with Crippen LogP contribution >= 0.6 is 11.8 Å². The molecule has 2 bridgehead atoms. The van der Waals surface area contributed by atoms with Crippen molar-refractivity contribution in [3.8, 4) is 34.8 Å². The number of ether oxygens (including phenoxy) is 5. The molecule has 0 aromatic heterocycles. The number of aromatic hydroxyl groups is 1. The maximum Gasteiger partial charge on any atom is 0.375 e. The molecule has 1 fully saturated rings. The molecule has 4 aliphatic heterocycles. The molecule has 4 atom stereocenters. The average Bonchev–Trinajstić information content (AvgIpc) is 3.46. The molecule has 2 aromatic carbocycles. The zero-order valence-corrected chi connectivity index (χ0v) is 26.8. The number of benzene rings is 2. The van der Waals surface area contributed by atoms with E-state index in [1.165, 1.54) is 25.8 Å². The zero-order valence-electron chi connectivity index (χ0n) is 26.0. The Balaban J connectivity index is 1.60. The van der Waals surface area contributed by atoms with Gasteiger partial charge in [0.15, 0.2) is 23.0 Å². The van der Waals surface area contributed by atoms with Crippen LogP contribution in [0.25, 0.3) is 0 Å². The summed E-state index contributed by atoms with van der Waals surface area (Å²) in [5.41, 5.74) is 2.86. The lowest BCUT2D eigenvalue weighted by molar-refractivity contribution is -0.155. The van der Waals surface area contributed by atoms with Gasteiger partial charge in [0.2, 0.25) is 12.6 Å². The van der Waals surface area contributed by atoms with Crippen molar-refractivity contribution in [2.45, 2.75) is 57.0 Å². The van der Waals surface area contributed by atoms with Crippen molar-refractivity contribution >= 4 is 29.5 Å². The van der Waals surface area contributed by atoms with Gasteiger partial charge in [-0.15, -0.1) is 11.8 Å². The van der Waals surface area contributed by atoms with Crippen LogP contribution in [0.5, 0.6) is 28.7 Å². The predicted molar refractivity (Wildman–Crippen MR) is 162 cm³/mol. The first-order valence-corrected chi connectivity index (χ1v) is 15.7. The van der Waals surface area contributed by atoms with Gasteiger partial charge in [-0.25, -0.2) is 4.79 Å². The molecule has 0 spiro atoms. The highest BCUT2D eigenvalue weighted by atomic mass is 32.2. The van der Waals surface area contributed by atoms with E-state index in [9.17, 15) is 24.8 Å². The Morgan fingerprint density at radius 1 is 1.16 bits per heavy atom. The van der Waals surface area contributed by atoms with E-state index in [1.54, 1.807) is 6.92 Å². The Bertz CT molecular complexity index is 1670. The number of nitriles is 1. The number of methoxy groups -OCH3 is 1. The van der Waals surface area contributed by atoms with Gasteiger partial charge in [0.05, 0.1) is 25.0 Å². The van der Waals surface area contributed by atoms with E-state index < -0.39 is 34.6 Å². The van der Waals surface area contributed by atoms with Crippen molar-refractivity contribution in [3.63, 3.8) is 0 Å². The molecule has 4 heterocycles. The highest BCUT2D eigenvalue weighted by Crippen LogP contribution is 2.58. The summed E-state index contributed by atoms with van der Waals surface area (Å²) in [7, 11) is 3.41. The Labute approximate surface area is 265 Å². The van der Waals surface area contributed by atoms with Crippen LogP contribution in [-0.4, -0.2) is 84.6 Å². The molecule has 1 N–H and O–H groups in total. The number of phenols is 1. The third kappa shape index (κ3) is 4.86. The van der Waals surface area contributed by atoms with Crippen LogP contribution < -0.4 is 18.9 Å². The highest BCUT2D eigenvalue weighted by Gasteiger charge is 2.53. The number of esters is 2. The number of hydrogen-bond donors (Lipinski definition) is 1. The molecule has 4 aliphatic rings. The van der Waals surface area contributed by atoms with Crippen LogP contribution in [-0.2, 0) is 25.5 Å². The first kappa shape index (κ1) is 31.0. The molecule has 0 radical (unpaired) electrons. The lowest BCUT2D eigenvalue weighted by atomic mass is 9.81. The Kier molecular flexibility index (Phi) is 7.87. The number of carbonyl (C=O) groups is 3. The molecular weight excluding hydrogens is 602 g/mol. The minimum atomic E-state index is -1.20. The van der Waals surface area contributed by atoms with Gasteiger partial charge in [-0.05, 0) is 38.9 Å². The van der Waals surface area contributed by atoms with Crippen LogP contribution in [0.4, 0.5) is 0 Å². The first-order valence-electron chi connectivity index (χ1n) is 14.7. The second kappa shape index (κ2) is 11.4. The molecule has 1 unspecified atom stereocenters. The molecule has 2 aromatic rings. The van der Waals surface area contributed by atoms with Gasteiger partial charge >= 0.3 is 11.9 Å². The summed E-state index contributed by atoms with van der Waals surface area (Å²) in [6, 6.07) is 3.55. The number of rotatable bonds is 3. The number of ketones is 1. The topological polar surface area (TPSA) is 148 Å². The Morgan fingerprint density at radius 2 is 1.89 bits per heavy atom. The van der Waals surface area contributed by atoms with E-state index in [1.807, 2.05) is 36.8 Å². The summed E-state index contributed by atoms with van der Waals surface area (Å²) in [4.78, 5) is 41.8. The van der Waals surface area contributed by atoms with Gasteiger partial charge in [-0.3, -0.25) is 19.4 Å². The summed E-state index contributed by atoms with van der Waals surface area (Å²) in [6.45, 7) is 7.15. The van der Waals surface area contributed by atoms with Gasteiger partial charge < -0.3 is 28.8 Å². The average molecular weight is 638 g/mol. The fourth-order valence-electron chi connectivity index (χ4n) is 7.25. The monoisotopic (exact) mass is 637 g/mol. The third-order valence-electron chi connectivity index (χ3n) is 9.33. The summed E-state index contributed by atoms with van der Waals surface area (Å²) in [5.74, 6) is -0.710. The molecule has 6 rings (SSSR count). The van der Waals surface area contributed by atoms with Crippen molar-refractivity contribution in [3.05, 3.63) is 39.4 Å². The molecule has 238 valence electrons. The van der Waals surface area contributed by atoms with Gasteiger partial charge in [0.1, 0.15) is 17.9 Å². The number of carbonyl (C=O) groups excluding carboxylic acids is 3. The second-order valence-electron chi connectivity index (χ2n) is 12.0. The quantitative estimate of drug-likeness (QED) is 0.298. The van der Waals surface area contributed by atoms with Gasteiger partial charge in [0, 0.05) is 60.0 Å². The number of fused-ring (bicyclic) bond motifs is 9. The SMILES string of the molecule is COc1c(C)cc2c(c1O)[C@H](C)N(C)CC(C#N)(N1C[C@@H]3SCC(=O)C(=O)OC[C@H]1c1c4c(c(C)c(OC(C)=O)c13)OCO4)C2. The van der Waals surface area contributed by atoms with Gasteiger partial charge in [0.25, 0.3) is 0 Å². The number of nitrogens with zero attached hydrogens (tertiary/aromatic N) is 3. The molecule has 0 aliphatic carbocycles. The normalized spacial score (nSPS) is 26.3. The minimum absolute atomic E-state index is 0.0428. The smallest absolute Gasteiger partial charge is 0.375 e. The molecular formula is C32H35N3O9S. The largest absolute Gasteiger partial charge is 0.504 e. The van der Waals surface area contributed by atoms with E-state index in [0.29, 0.717) is 45.3 Å². The van der Waals surface area contributed by atoms with E-state index in [2.05, 4.69) is 6.07 Å². The minimum Gasteiger partial charge on any atom is -0.504 e. The van der Waals surface area contributed by atoms with Crippen LogP contribution in [0.1, 0.15) is 64.6 Å². The van der Waals surface area contributed by atoms with E-state index in [4.69, 9.17) is 23.7 Å². The number of likely N-dealkylation sites (N-methyl/N-ethyl adjacent to an activating group) is 1. The number of aryl methyl sites for hydroxylation is 1. The fraction of sp³-hybridized carbons (Fsp3) is 0.500. The lowest BCUT2D eigenvalue weighted by Gasteiger charge is -2.50. The molecule has 13 heteroatoms. The highest BCUT2D eigenvalue weighted by molar-refractivity contribution is 8.00. The summed E-state index contributed by atoms with van der Waals surface area (Å²) in [5, 5.41) is 22.0. The number of cyclic esters (lactones) is 1. The van der Waals surface area contributed by atoms with Crippen LogP contribution in [0.15, 0.2) is 6.07 Å². The molecule has 12 nitrogen and oxygen atoms in total. The molecule has 0 amide bonds. The molecule has 0 saturated carbocycles. The lowest BCUT2D eigenvalue weighted by Crippen LogP contribution is -2.59. The third-order valence-corrected chi connectivity index (χ3v) is 10.5. The van der Waals surface area contributed by atoms with Crippen LogP contribution in [0.2, 0.25) is 0 Å². The van der Waals surface area contributed by atoms with Crippen molar-refractivity contribution in [2.24, 2.45) is 0 Å². The van der Waals surface area contributed by atoms with Gasteiger partial charge in [-0.2, -0.15) is 5.26 Å². The number of phenolic OH excluding ortho intramolecular Hbond substituents is 1. The standard InChI is InChI=1S/C32H35N3O9S/c1-15-7-19-8-32(12-33,13-34(5)17(3)23(19)26(38)27(15)40-6)35-9-22-25-24(20(35)10-41-31(39)21(37)11-45-22)30-29(42-14-43-30)16(2)28(25)44-18(4)36/h7,17,20,22,38H,8-11,13-14H2,1-6H3/t17-,20-,22-,32?/m0/s1. The number of hydrogen-bond acceptors (Lipinski definition) is 13. The van der Waals surface area contributed by atoms with Crippen molar-refractivity contribution in [1.29, 1.82) is 5.26 Å². The van der Waals surface area contributed by atoms with Crippen LogP contribution in [0, 0.1) is 25.2 Å². The maximum absolute atomic E-state index is 12.8. The van der Waals surface area contributed by atoms with Crippen molar-refractivity contribution in [1.82, 2.24) is 9.80 Å². The predicted octanol–water partition coefficient (Wildman–Crippen LogP) is 3.44. The zero-order chi connectivity index (χ0) is 32.4. The fourth-order valence-corrected chi connectivity index (χ4v) is 8.38.